The third-order valence-corrected chi connectivity index (χ3v) is 0.774. The number of hydrogen-bond acceptors (Lipinski definition) is 2. The second kappa shape index (κ2) is 11.4. The standard InChI is InChI=1S/C4H3FN2O2.5H2O/c5-2-1-6-4(9)7-3(2)8;;;;;/h1H,(H2,6,7,8,9);5*1H2. The highest BCUT2D eigenvalue weighted by Crippen LogP contribution is 1.74. The van der Waals surface area contributed by atoms with Crippen molar-refractivity contribution in [2.24, 2.45) is 0 Å². The predicted octanol–water partition coefficient (Wildman–Crippen LogP) is -4.92. The lowest BCUT2D eigenvalue weighted by Crippen LogP contribution is -2.23. The van der Waals surface area contributed by atoms with Crippen molar-refractivity contribution in [3.05, 3.63) is 32.9 Å². The maximum absolute atomic E-state index is 12.0. The Morgan fingerprint density at radius 2 is 1.43 bits per heavy atom. The van der Waals surface area contributed by atoms with Crippen LogP contribution < -0.4 is 11.2 Å². The lowest BCUT2D eigenvalue weighted by atomic mass is 10.6. The predicted molar refractivity (Wildman–Crippen MR) is 45.7 cm³/mol. The minimum absolute atomic E-state index is 0. The molecule has 0 spiro atoms. The Bertz CT molecular complexity index is 320. The summed E-state index contributed by atoms with van der Waals surface area (Å²) in [6, 6.07) is 0. The van der Waals surface area contributed by atoms with Crippen LogP contribution in [0.2, 0.25) is 0 Å². The number of hydrogen-bond donors (Lipinski definition) is 2. The van der Waals surface area contributed by atoms with Gasteiger partial charge in [-0.2, -0.15) is 4.39 Å². The number of aromatic nitrogens is 2. The molecule has 0 unspecified atom stereocenters. The van der Waals surface area contributed by atoms with Crippen LogP contribution in [0.1, 0.15) is 0 Å². The zero-order chi connectivity index (χ0) is 6.85. The van der Waals surface area contributed by atoms with Crippen LogP contribution in [0.25, 0.3) is 0 Å². The van der Waals surface area contributed by atoms with Gasteiger partial charge in [-0.05, 0) is 0 Å². The molecule has 1 heterocycles. The molecule has 0 aliphatic heterocycles. The monoisotopic (exact) mass is 220 g/mol. The van der Waals surface area contributed by atoms with E-state index in [2.05, 4.69) is 0 Å². The fraction of sp³-hybridized carbons (Fsp3) is 0. The summed E-state index contributed by atoms with van der Waals surface area (Å²) in [4.78, 5) is 24.0. The molecule has 0 saturated heterocycles. The van der Waals surface area contributed by atoms with Crippen molar-refractivity contribution >= 4 is 0 Å². The van der Waals surface area contributed by atoms with E-state index < -0.39 is 17.1 Å². The first-order chi connectivity index (χ1) is 4.20. The molecule has 0 aliphatic carbocycles. The largest absolute Gasteiger partial charge is 0.412 e. The Morgan fingerprint density at radius 3 is 1.71 bits per heavy atom. The highest BCUT2D eigenvalue weighted by atomic mass is 19.1. The van der Waals surface area contributed by atoms with Crippen LogP contribution in [-0.2, 0) is 0 Å². The smallest absolute Gasteiger partial charge is 0.325 e. The van der Waals surface area contributed by atoms with Crippen LogP contribution in [-0.4, -0.2) is 37.3 Å². The zero-order valence-corrected chi connectivity index (χ0v) is 6.77. The van der Waals surface area contributed by atoms with E-state index in [0.717, 1.165) is 0 Å². The van der Waals surface area contributed by atoms with Gasteiger partial charge in [-0.1, -0.05) is 0 Å². The molecule has 14 heavy (non-hydrogen) atoms. The van der Waals surface area contributed by atoms with Gasteiger partial charge in [-0.15, -0.1) is 0 Å². The van der Waals surface area contributed by atoms with Gasteiger partial charge in [-0.25, -0.2) is 4.79 Å². The minimum Gasteiger partial charge on any atom is -0.412 e. The zero-order valence-electron chi connectivity index (χ0n) is 6.77. The van der Waals surface area contributed by atoms with Gasteiger partial charge in [0.05, 0.1) is 0 Å². The molecule has 0 saturated carbocycles. The molecule has 1 aromatic rings. The fourth-order valence-corrected chi connectivity index (χ4v) is 0.393. The van der Waals surface area contributed by atoms with Crippen molar-refractivity contribution in [1.29, 1.82) is 0 Å². The molecule has 0 aromatic carbocycles. The van der Waals surface area contributed by atoms with Crippen LogP contribution in [0.4, 0.5) is 4.39 Å². The molecular formula is C4H13FN2O7. The highest BCUT2D eigenvalue weighted by Gasteiger charge is 1.93. The van der Waals surface area contributed by atoms with Crippen LogP contribution in [0, 0.1) is 5.82 Å². The van der Waals surface area contributed by atoms with Crippen LogP contribution in [0.15, 0.2) is 15.8 Å². The summed E-state index contributed by atoms with van der Waals surface area (Å²) in [7, 11) is 0. The van der Waals surface area contributed by atoms with Gasteiger partial charge in [0.15, 0.2) is 0 Å². The average Bonchev–Trinajstić information content (AvgIpc) is 1.80. The van der Waals surface area contributed by atoms with Crippen molar-refractivity contribution in [3.8, 4) is 0 Å². The lowest BCUT2D eigenvalue weighted by Gasteiger charge is -1.81. The van der Waals surface area contributed by atoms with Crippen molar-refractivity contribution in [2.75, 3.05) is 0 Å². The van der Waals surface area contributed by atoms with E-state index >= 15 is 0 Å². The number of rotatable bonds is 0. The quantitative estimate of drug-likeness (QED) is 0.438. The van der Waals surface area contributed by atoms with Crippen LogP contribution in [0.3, 0.4) is 0 Å². The van der Waals surface area contributed by atoms with E-state index in [1.807, 2.05) is 4.98 Å². The first-order valence-electron chi connectivity index (χ1n) is 2.17. The summed E-state index contributed by atoms with van der Waals surface area (Å²) in [5.41, 5.74) is -1.71. The third kappa shape index (κ3) is 7.08. The maximum Gasteiger partial charge on any atom is 0.325 e. The van der Waals surface area contributed by atoms with E-state index in [4.69, 9.17) is 0 Å². The SMILES string of the molecule is O.O.O.O.O.O=c1[nH]cc(F)c(=O)[nH]1. The highest BCUT2D eigenvalue weighted by molar-refractivity contribution is 4.83. The molecule has 1 aromatic heterocycles. The second-order valence-corrected chi connectivity index (χ2v) is 1.42. The van der Waals surface area contributed by atoms with Crippen molar-refractivity contribution in [3.63, 3.8) is 0 Å². The molecule has 0 aliphatic rings. The number of aromatic amines is 2. The first kappa shape index (κ1) is 29.4. The Labute approximate surface area is 75.8 Å². The molecule has 1 rings (SSSR count). The van der Waals surface area contributed by atoms with E-state index in [0.29, 0.717) is 6.20 Å². The van der Waals surface area contributed by atoms with Gasteiger partial charge in [0.25, 0.3) is 5.56 Å². The first-order valence-corrected chi connectivity index (χ1v) is 2.17. The van der Waals surface area contributed by atoms with Gasteiger partial charge in [0, 0.05) is 6.20 Å². The van der Waals surface area contributed by atoms with E-state index in [9.17, 15) is 14.0 Å². The summed E-state index contributed by atoms with van der Waals surface area (Å²) >= 11 is 0. The molecule has 0 atom stereocenters. The summed E-state index contributed by atoms with van der Waals surface area (Å²) < 4.78 is 12.0. The summed E-state index contributed by atoms with van der Waals surface area (Å²) in [6.45, 7) is 0. The van der Waals surface area contributed by atoms with Gasteiger partial charge in [0.2, 0.25) is 5.82 Å². The van der Waals surface area contributed by atoms with E-state index in [-0.39, 0.29) is 27.4 Å². The second-order valence-electron chi connectivity index (χ2n) is 1.42. The normalized spacial score (nSPS) is 6.07. The Balaban J connectivity index is -0.0000000540. The van der Waals surface area contributed by atoms with Crippen molar-refractivity contribution in [2.45, 2.75) is 0 Å². The molecule has 9 nitrogen and oxygen atoms in total. The summed E-state index contributed by atoms with van der Waals surface area (Å²) in [6.07, 6.45) is 0.709. The lowest BCUT2D eigenvalue weighted by molar-refractivity contribution is 0.597. The molecule has 0 amide bonds. The fourth-order valence-electron chi connectivity index (χ4n) is 0.393. The minimum atomic E-state index is -1.00. The van der Waals surface area contributed by atoms with E-state index in [1.54, 1.807) is 4.98 Å². The molecule has 10 heteroatoms. The number of halogens is 1. The molecular weight excluding hydrogens is 207 g/mol. The van der Waals surface area contributed by atoms with Gasteiger partial charge < -0.3 is 32.4 Å². The Kier molecular flexibility index (Phi) is 24.0. The molecule has 0 bridgehead atoms. The molecule has 0 radical (unpaired) electrons. The molecule has 0 fully saturated rings. The number of nitrogens with one attached hydrogen (secondary N) is 2. The third-order valence-electron chi connectivity index (χ3n) is 0.774. The average molecular weight is 220 g/mol. The van der Waals surface area contributed by atoms with Gasteiger partial charge in [0.1, 0.15) is 0 Å². The molecule has 12 N–H and O–H groups in total. The van der Waals surface area contributed by atoms with Crippen molar-refractivity contribution in [1.82, 2.24) is 9.97 Å². The van der Waals surface area contributed by atoms with E-state index in [1.165, 1.54) is 0 Å². The Hall–Kier alpha value is -1.59. The van der Waals surface area contributed by atoms with Crippen LogP contribution >= 0.6 is 0 Å². The maximum atomic E-state index is 12.0. The Morgan fingerprint density at radius 1 is 1.00 bits per heavy atom. The summed E-state index contributed by atoms with van der Waals surface area (Å²) in [5, 5.41) is 0. The van der Waals surface area contributed by atoms with Crippen molar-refractivity contribution < 1.29 is 31.8 Å². The number of H-pyrrole nitrogens is 2. The molecule has 88 valence electrons. The van der Waals surface area contributed by atoms with Crippen LogP contribution in [0.5, 0.6) is 0 Å². The van der Waals surface area contributed by atoms with Gasteiger partial charge >= 0.3 is 5.69 Å². The topological polar surface area (TPSA) is 223 Å². The van der Waals surface area contributed by atoms with Gasteiger partial charge in [-0.3, -0.25) is 9.78 Å². The summed E-state index contributed by atoms with van der Waals surface area (Å²) in [5.74, 6) is -0.991.